The molecule has 2 heterocycles. The van der Waals surface area contributed by atoms with Gasteiger partial charge in [0.15, 0.2) is 0 Å². The molecule has 1 amide bonds. The van der Waals surface area contributed by atoms with Crippen LogP contribution in [0.4, 0.5) is 5.69 Å². The van der Waals surface area contributed by atoms with Gasteiger partial charge in [-0.2, -0.15) is 0 Å². The predicted octanol–water partition coefficient (Wildman–Crippen LogP) is 1.10. The number of benzene rings is 1. The molecule has 4 N–H and O–H groups in total. The average Bonchev–Trinajstić information content (AvgIpc) is 2.96. The van der Waals surface area contributed by atoms with Crippen molar-refractivity contribution in [2.45, 2.75) is 19.8 Å². The minimum absolute atomic E-state index is 0.0285. The number of carbonyl (C=O) groups excluding carboxylic acids is 1. The molecule has 1 aromatic rings. The number of fused-ring (bicyclic) bond motifs is 2. The summed E-state index contributed by atoms with van der Waals surface area (Å²) in [6.07, 6.45) is 1.85. The number of ether oxygens (including phenoxy) is 1. The average molecular weight is 301 g/mol. The number of hydrogen-bond acceptors (Lipinski definition) is 4. The zero-order chi connectivity index (χ0) is 15.3. The van der Waals surface area contributed by atoms with Gasteiger partial charge in [0.1, 0.15) is 5.75 Å². The van der Waals surface area contributed by atoms with Gasteiger partial charge in [-0.1, -0.05) is 0 Å². The molecular weight excluding hydrogens is 278 g/mol. The molecule has 2 aliphatic heterocycles. The fourth-order valence-electron chi connectivity index (χ4n) is 4.04. The molecule has 2 unspecified atom stereocenters. The first kappa shape index (κ1) is 13.9. The molecule has 3 aliphatic rings. The number of nitrogens with one attached hydrogen (secondary N) is 2. The van der Waals surface area contributed by atoms with E-state index in [1.807, 2.05) is 13.0 Å². The summed E-state index contributed by atoms with van der Waals surface area (Å²) in [6.45, 7) is 5.59. The monoisotopic (exact) mass is 301 g/mol. The quantitative estimate of drug-likeness (QED) is 0.731. The van der Waals surface area contributed by atoms with E-state index in [0.29, 0.717) is 23.8 Å². The zero-order valence-corrected chi connectivity index (χ0v) is 12.9. The van der Waals surface area contributed by atoms with Crippen LogP contribution in [0, 0.1) is 24.7 Å². The lowest BCUT2D eigenvalue weighted by molar-refractivity contribution is 0.0945. The van der Waals surface area contributed by atoms with Gasteiger partial charge in [-0.15, -0.1) is 0 Å². The van der Waals surface area contributed by atoms with Gasteiger partial charge in [0, 0.05) is 17.8 Å². The second-order valence-corrected chi connectivity index (χ2v) is 6.77. The summed E-state index contributed by atoms with van der Waals surface area (Å²) in [5.74, 6) is 2.85. The lowest BCUT2D eigenvalue weighted by Gasteiger charge is -2.23. The fraction of sp³-hybridized carbons (Fsp3) is 0.588. The van der Waals surface area contributed by atoms with Gasteiger partial charge in [0.2, 0.25) is 0 Å². The van der Waals surface area contributed by atoms with E-state index in [0.717, 1.165) is 61.1 Å². The lowest BCUT2D eigenvalue weighted by Crippen LogP contribution is -2.30. The van der Waals surface area contributed by atoms with Crippen molar-refractivity contribution < 1.29 is 9.53 Å². The normalized spacial score (nSPS) is 28.5. The molecular formula is C17H23N3O2. The van der Waals surface area contributed by atoms with Crippen molar-refractivity contribution in [3.63, 3.8) is 0 Å². The third kappa shape index (κ3) is 2.15. The second-order valence-electron chi connectivity index (χ2n) is 6.77. The Morgan fingerprint density at radius 2 is 2.23 bits per heavy atom. The summed E-state index contributed by atoms with van der Waals surface area (Å²) in [5.41, 5.74) is 9.53. The fourth-order valence-corrected chi connectivity index (χ4v) is 4.04. The molecule has 5 nitrogen and oxygen atoms in total. The van der Waals surface area contributed by atoms with E-state index < -0.39 is 0 Å². The molecule has 22 heavy (non-hydrogen) atoms. The standard InChI is InChI=1S/C17H23N3O2/c1-9-5-11(16-10(15(9)18)3-2-4-22-16)17(21)20-8-14-12-6-19-7-13(12)14/h5,12-14,19H,2-4,6-8,18H2,1H3,(H,20,21). The van der Waals surface area contributed by atoms with Crippen LogP contribution < -0.4 is 21.1 Å². The summed E-state index contributed by atoms with van der Waals surface area (Å²) in [4.78, 5) is 12.6. The van der Waals surface area contributed by atoms with Crippen molar-refractivity contribution in [3.8, 4) is 5.75 Å². The summed E-state index contributed by atoms with van der Waals surface area (Å²) < 4.78 is 5.76. The molecule has 5 heteroatoms. The third-order valence-electron chi connectivity index (χ3n) is 5.46. The summed E-state index contributed by atoms with van der Waals surface area (Å²) >= 11 is 0. The van der Waals surface area contributed by atoms with Crippen molar-refractivity contribution in [1.29, 1.82) is 0 Å². The van der Waals surface area contributed by atoms with Crippen LogP contribution in [-0.4, -0.2) is 32.1 Å². The first-order valence-corrected chi connectivity index (χ1v) is 8.20. The maximum absolute atomic E-state index is 12.6. The van der Waals surface area contributed by atoms with Gasteiger partial charge >= 0.3 is 0 Å². The number of rotatable bonds is 3. The van der Waals surface area contributed by atoms with Crippen LogP contribution in [0.2, 0.25) is 0 Å². The minimum Gasteiger partial charge on any atom is -0.492 e. The van der Waals surface area contributed by atoms with Crippen LogP contribution in [0.25, 0.3) is 0 Å². The largest absolute Gasteiger partial charge is 0.492 e. The Hall–Kier alpha value is -1.75. The second kappa shape index (κ2) is 5.16. The van der Waals surface area contributed by atoms with Crippen LogP contribution in [0.5, 0.6) is 5.75 Å². The molecule has 0 radical (unpaired) electrons. The molecule has 118 valence electrons. The summed E-state index contributed by atoms with van der Waals surface area (Å²) in [6, 6.07) is 1.87. The molecule has 1 saturated carbocycles. The van der Waals surface area contributed by atoms with Gasteiger partial charge in [-0.3, -0.25) is 4.79 Å². The highest BCUT2D eigenvalue weighted by atomic mass is 16.5. The van der Waals surface area contributed by atoms with Gasteiger partial charge in [-0.25, -0.2) is 0 Å². The van der Waals surface area contributed by atoms with Crippen LogP contribution in [-0.2, 0) is 6.42 Å². The van der Waals surface area contributed by atoms with E-state index in [4.69, 9.17) is 10.5 Å². The van der Waals surface area contributed by atoms with E-state index >= 15 is 0 Å². The summed E-state index contributed by atoms with van der Waals surface area (Å²) in [7, 11) is 0. The number of aryl methyl sites for hydroxylation is 1. The van der Waals surface area contributed by atoms with Crippen LogP contribution in [0.1, 0.15) is 27.9 Å². The predicted molar refractivity (Wildman–Crippen MR) is 85.1 cm³/mol. The van der Waals surface area contributed by atoms with E-state index in [9.17, 15) is 4.79 Å². The van der Waals surface area contributed by atoms with Crippen LogP contribution in [0.15, 0.2) is 6.07 Å². The van der Waals surface area contributed by atoms with Crippen molar-refractivity contribution >= 4 is 11.6 Å². The first-order valence-electron chi connectivity index (χ1n) is 8.20. The topological polar surface area (TPSA) is 76.4 Å². The number of nitrogens with two attached hydrogens (primary N) is 1. The molecule has 0 spiro atoms. The Kier molecular flexibility index (Phi) is 3.26. The number of amides is 1. The van der Waals surface area contributed by atoms with Gasteiger partial charge in [0.05, 0.1) is 12.2 Å². The molecule has 1 aromatic carbocycles. The number of nitrogen functional groups attached to an aromatic ring is 1. The van der Waals surface area contributed by atoms with E-state index in [2.05, 4.69) is 10.6 Å². The molecule has 2 atom stereocenters. The first-order chi connectivity index (χ1) is 10.7. The Morgan fingerprint density at radius 1 is 1.45 bits per heavy atom. The molecule has 4 rings (SSSR count). The van der Waals surface area contributed by atoms with Crippen LogP contribution in [0.3, 0.4) is 0 Å². The minimum atomic E-state index is -0.0285. The Morgan fingerprint density at radius 3 is 3.00 bits per heavy atom. The molecule has 1 saturated heterocycles. The molecule has 0 aromatic heterocycles. The highest BCUT2D eigenvalue weighted by Crippen LogP contribution is 2.48. The third-order valence-corrected chi connectivity index (χ3v) is 5.46. The highest BCUT2D eigenvalue weighted by Gasteiger charge is 2.52. The Balaban J connectivity index is 1.51. The maximum Gasteiger partial charge on any atom is 0.255 e. The van der Waals surface area contributed by atoms with Crippen molar-refractivity contribution in [2.75, 3.05) is 32.0 Å². The SMILES string of the molecule is Cc1cc(C(=O)NCC2C3CNCC32)c2c(c1N)CCCO2. The lowest BCUT2D eigenvalue weighted by atomic mass is 9.96. The van der Waals surface area contributed by atoms with Gasteiger partial charge in [0.25, 0.3) is 5.91 Å². The Labute approximate surface area is 130 Å². The van der Waals surface area contributed by atoms with E-state index in [1.165, 1.54) is 0 Å². The molecule has 1 aliphatic carbocycles. The maximum atomic E-state index is 12.6. The number of hydrogen-bond donors (Lipinski definition) is 3. The number of piperidine rings is 1. The smallest absolute Gasteiger partial charge is 0.255 e. The van der Waals surface area contributed by atoms with Crippen molar-refractivity contribution in [2.24, 2.45) is 17.8 Å². The van der Waals surface area contributed by atoms with E-state index in [1.54, 1.807) is 0 Å². The van der Waals surface area contributed by atoms with Crippen molar-refractivity contribution in [3.05, 3.63) is 22.8 Å². The highest BCUT2D eigenvalue weighted by molar-refractivity contribution is 5.98. The zero-order valence-electron chi connectivity index (χ0n) is 12.9. The number of carbonyl (C=O) groups is 1. The number of anilines is 1. The van der Waals surface area contributed by atoms with Gasteiger partial charge < -0.3 is 21.1 Å². The Bertz CT molecular complexity index is 619. The van der Waals surface area contributed by atoms with Crippen molar-refractivity contribution in [1.82, 2.24) is 10.6 Å². The molecule has 2 fully saturated rings. The molecule has 0 bridgehead atoms. The summed E-state index contributed by atoms with van der Waals surface area (Å²) in [5, 5.41) is 6.48. The van der Waals surface area contributed by atoms with Gasteiger partial charge in [-0.05, 0) is 62.2 Å². The van der Waals surface area contributed by atoms with E-state index in [-0.39, 0.29) is 5.91 Å². The van der Waals surface area contributed by atoms with Crippen LogP contribution >= 0.6 is 0 Å².